The van der Waals surface area contributed by atoms with Gasteiger partial charge in [-0.3, -0.25) is 0 Å². The third-order valence-corrected chi connectivity index (χ3v) is 4.00. The molecule has 0 radical (unpaired) electrons. The van der Waals surface area contributed by atoms with Crippen LogP contribution in [0.25, 0.3) is 10.1 Å². The zero-order valence-corrected chi connectivity index (χ0v) is 9.26. The molecule has 0 unspecified atom stereocenters. The minimum Gasteiger partial charge on any atom is -0.398 e. The van der Waals surface area contributed by atoms with Crippen LogP contribution in [0.5, 0.6) is 0 Å². The van der Waals surface area contributed by atoms with E-state index >= 15 is 0 Å². The zero-order chi connectivity index (χ0) is 9.42. The molecule has 13 heavy (non-hydrogen) atoms. The predicted octanol–water partition coefficient (Wildman–Crippen LogP) is 3.51. The number of nitrogens with two attached hydrogens (primary N) is 1. The quantitative estimate of drug-likeness (QED) is 0.574. The average Bonchev–Trinajstić information content (AvgIpc) is 2.54. The molecular weight excluding hydrogens is 198 g/mol. The summed E-state index contributed by atoms with van der Waals surface area (Å²) in [6.07, 6.45) is 2.10. The molecule has 0 spiro atoms. The Balaban J connectivity index is 2.87. The summed E-state index contributed by atoms with van der Waals surface area (Å²) >= 11 is 3.52. The fourth-order valence-electron chi connectivity index (χ4n) is 1.47. The smallest absolute Gasteiger partial charge is 0.0374 e. The molecule has 0 aliphatic rings. The van der Waals surface area contributed by atoms with Gasteiger partial charge in [0.25, 0.3) is 0 Å². The first kappa shape index (κ1) is 8.91. The second-order valence-electron chi connectivity index (χ2n) is 2.96. The molecule has 2 aromatic rings. The van der Waals surface area contributed by atoms with E-state index in [0.717, 1.165) is 5.69 Å². The molecule has 3 heteroatoms. The molecule has 1 aromatic carbocycles. The van der Waals surface area contributed by atoms with Crippen molar-refractivity contribution < 1.29 is 0 Å². The number of thiophene rings is 1. The van der Waals surface area contributed by atoms with Crippen LogP contribution in [0.15, 0.2) is 22.4 Å². The molecule has 0 amide bonds. The van der Waals surface area contributed by atoms with Gasteiger partial charge < -0.3 is 5.73 Å². The molecule has 1 nitrogen and oxygen atoms in total. The normalized spacial score (nSPS) is 10.9. The van der Waals surface area contributed by atoms with E-state index in [1.165, 1.54) is 20.5 Å². The van der Waals surface area contributed by atoms with Gasteiger partial charge in [0.05, 0.1) is 0 Å². The lowest BCUT2D eigenvalue weighted by molar-refractivity contribution is 1.36. The third kappa shape index (κ3) is 1.32. The van der Waals surface area contributed by atoms with Gasteiger partial charge in [-0.2, -0.15) is 0 Å². The van der Waals surface area contributed by atoms with Crippen molar-refractivity contribution in [1.29, 1.82) is 0 Å². The lowest BCUT2D eigenvalue weighted by Crippen LogP contribution is -1.91. The van der Waals surface area contributed by atoms with Crippen molar-refractivity contribution >= 4 is 38.9 Å². The number of fused-ring (bicyclic) bond motifs is 1. The summed E-state index contributed by atoms with van der Waals surface area (Å²) in [7, 11) is 0. The van der Waals surface area contributed by atoms with E-state index in [0.29, 0.717) is 0 Å². The van der Waals surface area contributed by atoms with Crippen molar-refractivity contribution in [1.82, 2.24) is 0 Å². The number of rotatable bonds is 1. The van der Waals surface area contributed by atoms with Crippen LogP contribution in [0, 0.1) is 6.92 Å². The predicted molar refractivity (Wildman–Crippen MR) is 62.8 cm³/mol. The Morgan fingerprint density at radius 3 is 2.92 bits per heavy atom. The lowest BCUT2D eigenvalue weighted by Gasteiger charge is -2.07. The van der Waals surface area contributed by atoms with Gasteiger partial charge in [0, 0.05) is 20.7 Å². The summed E-state index contributed by atoms with van der Waals surface area (Å²) in [5, 5.41) is 3.45. The molecule has 0 aliphatic heterocycles. The summed E-state index contributed by atoms with van der Waals surface area (Å²) in [6, 6.07) is 4.23. The molecule has 68 valence electrons. The van der Waals surface area contributed by atoms with Crippen molar-refractivity contribution in [3.05, 3.63) is 23.1 Å². The van der Waals surface area contributed by atoms with Crippen LogP contribution in [0.1, 0.15) is 5.56 Å². The van der Waals surface area contributed by atoms with E-state index < -0.39 is 0 Å². The van der Waals surface area contributed by atoms with Crippen LogP contribution in [0.2, 0.25) is 0 Å². The Morgan fingerprint density at radius 2 is 2.23 bits per heavy atom. The van der Waals surface area contributed by atoms with Gasteiger partial charge in [0.15, 0.2) is 0 Å². The topological polar surface area (TPSA) is 26.0 Å². The van der Waals surface area contributed by atoms with Gasteiger partial charge in [-0.15, -0.1) is 23.1 Å². The van der Waals surface area contributed by atoms with E-state index in [4.69, 9.17) is 5.73 Å². The van der Waals surface area contributed by atoms with Crippen LogP contribution < -0.4 is 5.73 Å². The van der Waals surface area contributed by atoms with Gasteiger partial charge in [0.1, 0.15) is 0 Å². The largest absolute Gasteiger partial charge is 0.398 e. The van der Waals surface area contributed by atoms with E-state index in [1.807, 2.05) is 0 Å². The Kier molecular flexibility index (Phi) is 2.22. The summed E-state index contributed by atoms with van der Waals surface area (Å²) in [4.78, 5) is 1.32. The molecule has 0 atom stereocenters. The number of anilines is 1. The molecule has 0 saturated carbocycles. The summed E-state index contributed by atoms with van der Waals surface area (Å²) < 4.78 is 1.28. The number of benzene rings is 1. The SMILES string of the molecule is CSc1c(C)c(N)cc2sccc12. The van der Waals surface area contributed by atoms with Crippen LogP contribution >= 0.6 is 23.1 Å². The highest BCUT2D eigenvalue weighted by Gasteiger charge is 2.07. The molecule has 2 N–H and O–H groups in total. The molecule has 0 saturated heterocycles. The second kappa shape index (κ2) is 3.24. The summed E-state index contributed by atoms with van der Waals surface area (Å²) in [5.74, 6) is 0. The van der Waals surface area contributed by atoms with Gasteiger partial charge >= 0.3 is 0 Å². The number of thioether (sulfide) groups is 1. The minimum absolute atomic E-state index is 0.902. The Labute approximate surface area is 85.9 Å². The molecule has 1 heterocycles. The van der Waals surface area contributed by atoms with E-state index in [9.17, 15) is 0 Å². The highest BCUT2D eigenvalue weighted by atomic mass is 32.2. The summed E-state index contributed by atoms with van der Waals surface area (Å²) in [6.45, 7) is 2.08. The van der Waals surface area contributed by atoms with Gasteiger partial charge in [-0.1, -0.05) is 0 Å². The maximum Gasteiger partial charge on any atom is 0.0374 e. The van der Waals surface area contributed by atoms with Crippen molar-refractivity contribution in [2.24, 2.45) is 0 Å². The van der Waals surface area contributed by atoms with Gasteiger partial charge in [-0.25, -0.2) is 0 Å². The monoisotopic (exact) mass is 209 g/mol. The maximum atomic E-state index is 5.91. The first-order chi connectivity index (χ1) is 6.24. The van der Waals surface area contributed by atoms with Crippen LogP contribution in [-0.2, 0) is 0 Å². The van der Waals surface area contributed by atoms with Crippen LogP contribution in [0.3, 0.4) is 0 Å². The molecule has 0 aliphatic carbocycles. The zero-order valence-electron chi connectivity index (χ0n) is 7.63. The van der Waals surface area contributed by atoms with Crippen molar-refractivity contribution in [3.8, 4) is 0 Å². The summed E-state index contributed by atoms with van der Waals surface area (Å²) in [5.41, 5.74) is 8.02. The molecule has 0 fully saturated rings. The van der Waals surface area contributed by atoms with Crippen molar-refractivity contribution in [2.45, 2.75) is 11.8 Å². The molecular formula is C10H11NS2. The van der Waals surface area contributed by atoms with Gasteiger partial charge in [-0.05, 0) is 36.3 Å². The van der Waals surface area contributed by atoms with Crippen LogP contribution in [0.4, 0.5) is 5.69 Å². The lowest BCUT2D eigenvalue weighted by atomic mass is 10.1. The van der Waals surface area contributed by atoms with Gasteiger partial charge in [0.2, 0.25) is 0 Å². The fraction of sp³-hybridized carbons (Fsp3) is 0.200. The number of nitrogen functional groups attached to an aromatic ring is 1. The number of hydrogen-bond donors (Lipinski definition) is 1. The van der Waals surface area contributed by atoms with Crippen molar-refractivity contribution in [3.63, 3.8) is 0 Å². The Hall–Kier alpha value is -0.670. The first-order valence-corrected chi connectivity index (χ1v) is 6.14. The third-order valence-electron chi connectivity index (χ3n) is 2.20. The van der Waals surface area contributed by atoms with E-state index in [1.54, 1.807) is 23.1 Å². The number of hydrogen-bond acceptors (Lipinski definition) is 3. The van der Waals surface area contributed by atoms with Crippen LogP contribution in [-0.4, -0.2) is 6.26 Å². The Morgan fingerprint density at radius 1 is 1.46 bits per heavy atom. The molecule has 0 bridgehead atoms. The van der Waals surface area contributed by atoms with Crippen molar-refractivity contribution in [2.75, 3.05) is 12.0 Å². The standard InChI is InChI=1S/C10H11NS2/c1-6-8(11)5-9-7(3-4-13-9)10(6)12-2/h3-5H,11H2,1-2H3. The highest BCUT2D eigenvalue weighted by molar-refractivity contribution is 7.98. The average molecular weight is 209 g/mol. The first-order valence-electron chi connectivity index (χ1n) is 4.04. The van der Waals surface area contributed by atoms with E-state index in [2.05, 4.69) is 30.7 Å². The Bertz CT molecular complexity index is 445. The van der Waals surface area contributed by atoms with E-state index in [-0.39, 0.29) is 0 Å². The highest BCUT2D eigenvalue weighted by Crippen LogP contribution is 2.35. The fourth-order valence-corrected chi connectivity index (χ4v) is 3.20. The second-order valence-corrected chi connectivity index (χ2v) is 4.72. The molecule has 2 rings (SSSR count). The maximum absolute atomic E-state index is 5.91. The minimum atomic E-state index is 0.902. The molecule has 1 aromatic heterocycles.